The van der Waals surface area contributed by atoms with E-state index >= 15 is 0 Å². The van der Waals surface area contributed by atoms with Gasteiger partial charge in [-0.3, -0.25) is 9.36 Å². The molecule has 0 saturated heterocycles. The van der Waals surface area contributed by atoms with Crippen LogP contribution in [0.3, 0.4) is 0 Å². The van der Waals surface area contributed by atoms with E-state index in [0.29, 0.717) is 13.2 Å². The third-order valence-electron chi connectivity index (χ3n) is 1.51. The maximum Gasteiger partial charge on any atom is 0.353 e. The number of esters is 1. The summed E-state index contributed by atoms with van der Waals surface area (Å²) in [4.78, 5) is 10.6. The summed E-state index contributed by atoms with van der Waals surface area (Å²) in [5, 5.41) is 0. The van der Waals surface area contributed by atoms with Gasteiger partial charge in [-0.1, -0.05) is 0 Å². The predicted molar refractivity (Wildman–Crippen MR) is 61.2 cm³/mol. The molecule has 5 nitrogen and oxygen atoms in total. The second-order valence-electron chi connectivity index (χ2n) is 3.03. The van der Waals surface area contributed by atoms with E-state index in [4.69, 9.17) is 13.8 Å². The Balaban J connectivity index is 4.43. The minimum atomic E-state index is -3.19. The summed E-state index contributed by atoms with van der Waals surface area (Å²) in [6, 6.07) is 0. The lowest BCUT2D eigenvalue weighted by molar-refractivity contribution is -0.143. The molecule has 0 unspecified atom stereocenters. The third-order valence-corrected chi connectivity index (χ3v) is 3.28. The molecule has 0 aromatic rings. The smallest absolute Gasteiger partial charge is 0.353 e. The van der Waals surface area contributed by atoms with Gasteiger partial charge >= 0.3 is 13.6 Å². The van der Waals surface area contributed by atoms with Gasteiger partial charge in [0, 0.05) is 12.7 Å². The molecule has 0 saturated carbocycles. The van der Waals surface area contributed by atoms with Crippen LogP contribution in [-0.4, -0.2) is 25.3 Å². The third kappa shape index (κ3) is 6.77. The Morgan fingerprint density at radius 1 is 1.31 bits per heavy atom. The molecule has 0 fully saturated rings. The van der Waals surface area contributed by atoms with Crippen molar-refractivity contribution in [3.8, 4) is 0 Å². The van der Waals surface area contributed by atoms with Crippen LogP contribution in [0, 0.1) is 0 Å². The highest BCUT2D eigenvalue weighted by atomic mass is 31.2. The van der Waals surface area contributed by atoms with E-state index in [2.05, 4.69) is 0 Å². The maximum atomic E-state index is 11.9. The van der Waals surface area contributed by atoms with Crippen molar-refractivity contribution >= 4 is 13.6 Å². The van der Waals surface area contributed by atoms with Gasteiger partial charge in [-0.15, -0.1) is 0 Å². The van der Waals surface area contributed by atoms with Crippen LogP contribution in [0.2, 0.25) is 0 Å². The van der Waals surface area contributed by atoms with E-state index in [0.717, 1.165) is 0 Å². The van der Waals surface area contributed by atoms with Crippen LogP contribution in [0.5, 0.6) is 0 Å². The average Bonchev–Trinajstić information content (AvgIpc) is 2.15. The highest BCUT2D eigenvalue weighted by Gasteiger charge is 2.19. The van der Waals surface area contributed by atoms with Crippen molar-refractivity contribution < 1.29 is 23.1 Å². The number of hydrogen-bond acceptors (Lipinski definition) is 5. The first-order chi connectivity index (χ1) is 7.43. The number of ether oxygens (including phenoxy) is 1. The normalized spacial score (nSPS) is 14.0. The van der Waals surface area contributed by atoms with Crippen LogP contribution in [0.25, 0.3) is 0 Å². The number of hydrogen-bond donors (Lipinski definition) is 0. The molecule has 16 heavy (non-hydrogen) atoms. The Morgan fingerprint density at radius 3 is 2.19 bits per heavy atom. The highest BCUT2D eigenvalue weighted by molar-refractivity contribution is 7.57. The molecule has 0 aliphatic carbocycles. The van der Waals surface area contributed by atoms with Crippen molar-refractivity contribution in [1.29, 1.82) is 0 Å². The van der Waals surface area contributed by atoms with E-state index in [-0.39, 0.29) is 5.97 Å². The van der Waals surface area contributed by atoms with E-state index in [9.17, 15) is 9.36 Å². The minimum absolute atomic E-state index is 0.295. The Morgan fingerprint density at radius 2 is 1.81 bits per heavy atom. The summed E-state index contributed by atoms with van der Waals surface area (Å²) in [7, 11) is -3.19. The lowest BCUT2D eigenvalue weighted by Crippen LogP contribution is -2.09. The summed E-state index contributed by atoms with van der Waals surface area (Å²) in [6.45, 7) is 7.03. The molecule has 6 heteroatoms. The van der Waals surface area contributed by atoms with Gasteiger partial charge in [0.15, 0.2) is 0 Å². The molecule has 0 N–H and O–H groups in total. The molecule has 0 spiro atoms. The predicted octanol–water partition coefficient (Wildman–Crippen LogP) is 2.72. The number of carbonyl (C=O) groups excluding carboxylic acids is 1. The van der Waals surface area contributed by atoms with Gasteiger partial charge in [-0.05, 0) is 26.8 Å². The molecular formula is C10H19O5P. The summed E-state index contributed by atoms with van der Waals surface area (Å²) < 4.78 is 26.8. The molecule has 0 heterocycles. The Bertz CT molecular complexity index is 277. The van der Waals surface area contributed by atoms with Gasteiger partial charge in [-0.2, -0.15) is 0 Å². The Hall–Kier alpha value is -0.640. The zero-order valence-electron chi connectivity index (χ0n) is 10.1. The summed E-state index contributed by atoms with van der Waals surface area (Å²) in [5.74, 6) is 0.938. The summed E-state index contributed by atoms with van der Waals surface area (Å²) in [5.41, 5.74) is 0. The molecular weight excluding hydrogens is 231 g/mol. The Kier molecular flexibility index (Phi) is 7.30. The monoisotopic (exact) mass is 250 g/mol. The fourth-order valence-electron chi connectivity index (χ4n) is 1.01. The molecule has 0 aromatic heterocycles. The second-order valence-corrected chi connectivity index (χ2v) is 4.93. The fraction of sp³-hybridized carbons (Fsp3) is 0.700. The molecule has 0 radical (unpaired) electrons. The van der Waals surface area contributed by atoms with Crippen LogP contribution in [-0.2, 0) is 23.1 Å². The van der Waals surface area contributed by atoms with Crippen molar-refractivity contribution in [2.75, 3.05) is 13.2 Å². The summed E-state index contributed by atoms with van der Waals surface area (Å²) in [6.07, 6.45) is 1.04. The van der Waals surface area contributed by atoms with Crippen molar-refractivity contribution in [2.45, 2.75) is 33.8 Å². The zero-order chi connectivity index (χ0) is 12.6. The van der Waals surface area contributed by atoms with E-state index < -0.39 is 13.7 Å². The lowest BCUT2D eigenvalue weighted by atomic mass is 10.4. The molecule has 0 amide bonds. The molecule has 0 aliphatic heterocycles. The summed E-state index contributed by atoms with van der Waals surface area (Å²) >= 11 is 0. The van der Waals surface area contributed by atoms with Crippen molar-refractivity contribution in [2.24, 2.45) is 0 Å². The SMILES string of the molecule is CCOP(=O)(/C=C/[C@@H](C)OC(C)=O)OCC. The van der Waals surface area contributed by atoms with Crippen LogP contribution in [0.1, 0.15) is 27.7 Å². The van der Waals surface area contributed by atoms with Gasteiger partial charge in [-0.25, -0.2) is 0 Å². The van der Waals surface area contributed by atoms with Gasteiger partial charge in [0.05, 0.1) is 13.2 Å². The zero-order valence-corrected chi connectivity index (χ0v) is 11.0. The molecule has 0 bridgehead atoms. The number of carbonyl (C=O) groups is 1. The van der Waals surface area contributed by atoms with Gasteiger partial charge in [0.1, 0.15) is 6.10 Å². The average molecular weight is 250 g/mol. The molecule has 94 valence electrons. The van der Waals surface area contributed by atoms with Gasteiger partial charge in [0.25, 0.3) is 0 Å². The minimum Gasteiger partial charge on any atom is -0.459 e. The molecule has 0 rings (SSSR count). The standard InChI is InChI=1S/C10H19O5P/c1-5-13-16(12,14-6-2)8-7-9(3)15-10(4)11/h7-9H,5-6H2,1-4H3/b8-7+/t9-/m1/s1. The lowest BCUT2D eigenvalue weighted by Gasteiger charge is -2.13. The van der Waals surface area contributed by atoms with Crippen molar-refractivity contribution in [3.63, 3.8) is 0 Å². The van der Waals surface area contributed by atoms with Crippen LogP contribution in [0.4, 0.5) is 0 Å². The molecule has 0 aromatic carbocycles. The van der Waals surface area contributed by atoms with E-state index in [1.807, 2.05) is 0 Å². The van der Waals surface area contributed by atoms with Crippen LogP contribution >= 0.6 is 7.60 Å². The molecule has 1 atom stereocenters. The maximum absolute atomic E-state index is 11.9. The number of rotatable bonds is 7. The highest BCUT2D eigenvalue weighted by Crippen LogP contribution is 2.49. The van der Waals surface area contributed by atoms with Crippen molar-refractivity contribution in [1.82, 2.24) is 0 Å². The first kappa shape index (κ1) is 15.4. The largest absolute Gasteiger partial charge is 0.459 e. The quantitative estimate of drug-likeness (QED) is 0.513. The van der Waals surface area contributed by atoms with Gasteiger partial charge < -0.3 is 13.8 Å². The van der Waals surface area contributed by atoms with Crippen LogP contribution in [0.15, 0.2) is 11.9 Å². The fourth-order valence-corrected chi connectivity index (χ4v) is 2.43. The van der Waals surface area contributed by atoms with Crippen molar-refractivity contribution in [3.05, 3.63) is 11.9 Å². The van der Waals surface area contributed by atoms with E-state index in [1.54, 1.807) is 20.8 Å². The van der Waals surface area contributed by atoms with E-state index in [1.165, 1.54) is 18.8 Å². The first-order valence-electron chi connectivity index (χ1n) is 5.19. The van der Waals surface area contributed by atoms with Crippen LogP contribution < -0.4 is 0 Å². The van der Waals surface area contributed by atoms with Gasteiger partial charge in [0.2, 0.25) is 0 Å². The first-order valence-corrected chi connectivity index (χ1v) is 6.80. The topological polar surface area (TPSA) is 61.8 Å². The Labute approximate surface area is 96.3 Å². The molecule has 0 aliphatic rings. The second kappa shape index (κ2) is 7.60.